The fraction of sp³-hybridized carbons (Fsp3) is 0.476. The van der Waals surface area contributed by atoms with Gasteiger partial charge in [-0.3, -0.25) is 9.69 Å². The van der Waals surface area contributed by atoms with Crippen LogP contribution in [0.1, 0.15) is 19.3 Å². The number of hydrogen-bond acceptors (Lipinski definition) is 5. The normalized spacial score (nSPS) is 18.8. The van der Waals surface area contributed by atoms with Gasteiger partial charge in [0.1, 0.15) is 5.75 Å². The van der Waals surface area contributed by atoms with E-state index in [1.807, 2.05) is 4.90 Å². The Balaban J connectivity index is 0.000000469. The third-order valence-electron chi connectivity index (χ3n) is 4.98. The lowest BCUT2D eigenvalue weighted by molar-refractivity contribution is -0.159. The number of carbonyl (C=O) groups is 3. The monoisotopic (exact) mass is 438 g/mol. The van der Waals surface area contributed by atoms with Crippen molar-refractivity contribution in [3.8, 4) is 5.75 Å². The molecule has 1 aliphatic carbocycles. The number of ether oxygens (including phenoxy) is 1. The number of carboxylic acid groups (broad SMARTS) is 2. The number of allylic oxidation sites excluding steroid dienone is 2. The second kappa shape index (κ2) is 12.2. The number of carbonyl (C=O) groups excluding carboxylic acids is 1. The highest BCUT2D eigenvalue weighted by molar-refractivity contribution is 6.30. The predicted octanol–water partition coefficient (Wildman–Crippen LogP) is 2.37. The van der Waals surface area contributed by atoms with Gasteiger partial charge >= 0.3 is 11.9 Å². The molecule has 1 amide bonds. The van der Waals surface area contributed by atoms with E-state index in [1.54, 1.807) is 24.3 Å². The second-order valence-corrected chi connectivity index (χ2v) is 7.62. The molecule has 1 heterocycles. The van der Waals surface area contributed by atoms with Crippen molar-refractivity contribution >= 4 is 29.4 Å². The molecule has 164 valence electrons. The number of rotatable bonds is 5. The summed E-state index contributed by atoms with van der Waals surface area (Å²) in [5.74, 6) is -2.13. The lowest BCUT2D eigenvalue weighted by atomic mass is 9.94. The Labute approximate surface area is 180 Å². The SMILES string of the molecule is O=C(COc1ccc(Cl)cc1)N1CCN(CC2CC=CCC2)CC1.O=C(O)C(=O)O. The zero-order valence-corrected chi connectivity index (χ0v) is 17.5. The molecule has 1 atom stereocenters. The van der Waals surface area contributed by atoms with Crippen LogP contribution in [0.5, 0.6) is 5.75 Å². The highest BCUT2D eigenvalue weighted by Crippen LogP contribution is 2.20. The molecule has 9 heteroatoms. The van der Waals surface area contributed by atoms with Crippen LogP contribution < -0.4 is 4.74 Å². The fourth-order valence-electron chi connectivity index (χ4n) is 3.33. The second-order valence-electron chi connectivity index (χ2n) is 7.18. The van der Waals surface area contributed by atoms with Crippen molar-refractivity contribution in [2.75, 3.05) is 39.3 Å². The number of hydrogen-bond donors (Lipinski definition) is 2. The lowest BCUT2D eigenvalue weighted by Gasteiger charge is -2.36. The van der Waals surface area contributed by atoms with Crippen LogP contribution >= 0.6 is 11.6 Å². The van der Waals surface area contributed by atoms with Crippen molar-refractivity contribution < 1.29 is 29.3 Å². The summed E-state index contributed by atoms with van der Waals surface area (Å²) in [5, 5.41) is 15.4. The molecule has 0 radical (unpaired) electrons. The van der Waals surface area contributed by atoms with Gasteiger partial charge in [-0.2, -0.15) is 0 Å². The average molecular weight is 439 g/mol. The minimum atomic E-state index is -1.82. The van der Waals surface area contributed by atoms with E-state index < -0.39 is 11.9 Å². The molecular weight excluding hydrogens is 412 g/mol. The Hall–Kier alpha value is -2.58. The van der Waals surface area contributed by atoms with Gasteiger partial charge in [0.05, 0.1) is 0 Å². The number of benzene rings is 1. The van der Waals surface area contributed by atoms with Crippen LogP contribution in [0, 0.1) is 5.92 Å². The molecule has 1 fully saturated rings. The first-order valence-corrected chi connectivity index (χ1v) is 10.2. The molecule has 3 rings (SSSR count). The lowest BCUT2D eigenvalue weighted by Crippen LogP contribution is -2.50. The molecule has 1 unspecified atom stereocenters. The summed E-state index contributed by atoms with van der Waals surface area (Å²) in [6.45, 7) is 4.78. The zero-order chi connectivity index (χ0) is 21.9. The van der Waals surface area contributed by atoms with E-state index in [4.69, 9.17) is 36.1 Å². The molecule has 0 spiro atoms. The first-order chi connectivity index (χ1) is 14.3. The Kier molecular flexibility index (Phi) is 9.63. The number of nitrogens with zero attached hydrogens (tertiary/aromatic N) is 2. The number of carboxylic acids is 2. The van der Waals surface area contributed by atoms with Gasteiger partial charge in [0.2, 0.25) is 0 Å². The first-order valence-electron chi connectivity index (χ1n) is 9.85. The maximum atomic E-state index is 12.3. The molecule has 2 N–H and O–H groups in total. The molecule has 30 heavy (non-hydrogen) atoms. The van der Waals surface area contributed by atoms with Crippen molar-refractivity contribution in [3.05, 3.63) is 41.4 Å². The standard InChI is InChI=1S/C19H25ClN2O2.C2H2O4/c20-17-6-8-18(9-7-17)24-15-19(23)22-12-10-21(11-13-22)14-16-4-2-1-3-5-16;3-1(4)2(5)6/h1-2,6-9,16H,3-5,10-15H2;(H,3,4)(H,5,6). The van der Waals surface area contributed by atoms with Gasteiger partial charge < -0.3 is 19.8 Å². The molecule has 1 aliphatic heterocycles. The molecule has 0 aromatic heterocycles. The summed E-state index contributed by atoms with van der Waals surface area (Å²) < 4.78 is 5.55. The molecular formula is C21H27ClN2O6. The number of piperazine rings is 1. The Morgan fingerprint density at radius 1 is 1.00 bits per heavy atom. The van der Waals surface area contributed by atoms with E-state index in [1.165, 1.54) is 19.3 Å². The van der Waals surface area contributed by atoms with E-state index >= 15 is 0 Å². The van der Waals surface area contributed by atoms with Crippen molar-refractivity contribution in [1.82, 2.24) is 9.80 Å². The third-order valence-corrected chi connectivity index (χ3v) is 5.23. The van der Waals surface area contributed by atoms with Crippen LogP contribution in [0.15, 0.2) is 36.4 Å². The minimum Gasteiger partial charge on any atom is -0.484 e. The maximum Gasteiger partial charge on any atom is 0.414 e. The molecule has 0 saturated carbocycles. The summed E-state index contributed by atoms with van der Waals surface area (Å²) in [6, 6.07) is 7.10. The van der Waals surface area contributed by atoms with Crippen LogP contribution in [0.3, 0.4) is 0 Å². The van der Waals surface area contributed by atoms with Crippen LogP contribution in [0.4, 0.5) is 0 Å². The number of aliphatic carboxylic acids is 2. The summed E-state index contributed by atoms with van der Waals surface area (Å²) in [6.07, 6.45) is 8.31. The fourth-order valence-corrected chi connectivity index (χ4v) is 3.46. The van der Waals surface area contributed by atoms with Crippen molar-refractivity contribution in [2.45, 2.75) is 19.3 Å². The average Bonchev–Trinajstić information content (AvgIpc) is 2.75. The molecule has 0 bridgehead atoms. The van der Waals surface area contributed by atoms with E-state index in [-0.39, 0.29) is 12.5 Å². The quantitative estimate of drug-likeness (QED) is 0.536. The zero-order valence-electron chi connectivity index (χ0n) is 16.7. The first kappa shape index (κ1) is 23.7. The highest BCUT2D eigenvalue weighted by Gasteiger charge is 2.23. The summed E-state index contributed by atoms with van der Waals surface area (Å²) >= 11 is 5.84. The topological polar surface area (TPSA) is 107 Å². The van der Waals surface area contributed by atoms with Gasteiger partial charge in [0.15, 0.2) is 6.61 Å². The van der Waals surface area contributed by atoms with Gasteiger partial charge in [-0.25, -0.2) is 9.59 Å². The molecule has 1 aromatic rings. The largest absolute Gasteiger partial charge is 0.484 e. The van der Waals surface area contributed by atoms with Gasteiger partial charge in [0, 0.05) is 37.7 Å². The van der Waals surface area contributed by atoms with E-state index in [2.05, 4.69) is 17.1 Å². The van der Waals surface area contributed by atoms with Gasteiger partial charge in [-0.15, -0.1) is 0 Å². The summed E-state index contributed by atoms with van der Waals surface area (Å²) in [5.41, 5.74) is 0. The van der Waals surface area contributed by atoms with Crippen LogP contribution in [0.2, 0.25) is 5.02 Å². The van der Waals surface area contributed by atoms with Crippen molar-refractivity contribution in [1.29, 1.82) is 0 Å². The van der Waals surface area contributed by atoms with Gasteiger partial charge in [0.25, 0.3) is 5.91 Å². The Bertz CT molecular complexity index is 732. The van der Waals surface area contributed by atoms with Gasteiger partial charge in [-0.1, -0.05) is 23.8 Å². The van der Waals surface area contributed by atoms with E-state index in [9.17, 15) is 4.79 Å². The smallest absolute Gasteiger partial charge is 0.414 e. The number of amides is 1. The minimum absolute atomic E-state index is 0.0604. The maximum absolute atomic E-state index is 12.3. The van der Waals surface area contributed by atoms with Crippen LogP contribution in [-0.2, 0) is 14.4 Å². The summed E-state index contributed by atoms with van der Waals surface area (Å²) in [7, 11) is 0. The van der Waals surface area contributed by atoms with Crippen LogP contribution in [0.25, 0.3) is 0 Å². The third kappa shape index (κ3) is 8.42. The molecule has 1 aromatic carbocycles. The highest BCUT2D eigenvalue weighted by atomic mass is 35.5. The predicted molar refractivity (Wildman–Crippen MR) is 112 cm³/mol. The van der Waals surface area contributed by atoms with E-state index in [0.29, 0.717) is 10.8 Å². The molecule has 8 nitrogen and oxygen atoms in total. The summed E-state index contributed by atoms with van der Waals surface area (Å²) in [4.78, 5) is 34.9. The number of halogens is 1. The van der Waals surface area contributed by atoms with Crippen molar-refractivity contribution in [2.24, 2.45) is 5.92 Å². The van der Waals surface area contributed by atoms with Gasteiger partial charge in [-0.05, 0) is 49.4 Å². The Morgan fingerprint density at radius 3 is 2.17 bits per heavy atom. The molecule has 1 saturated heterocycles. The van der Waals surface area contributed by atoms with Crippen molar-refractivity contribution in [3.63, 3.8) is 0 Å². The van der Waals surface area contributed by atoms with Crippen LogP contribution in [-0.4, -0.2) is 77.2 Å². The van der Waals surface area contributed by atoms with E-state index in [0.717, 1.165) is 38.6 Å². The molecule has 2 aliphatic rings. The Morgan fingerprint density at radius 2 is 1.63 bits per heavy atom.